The minimum absolute atomic E-state index is 0.0521. The molecule has 0 radical (unpaired) electrons. The van der Waals surface area contributed by atoms with Gasteiger partial charge in [-0.25, -0.2) is 4.79 Å². The van der Waals surface area contributed by atoms with Crippen molar-refractivity contribution in [2.75, 3.05) is 0 Å². The number of amides is 1. The molecule has 1 rings (SSSR count). The topological polar surface area (TPSA) is 92.4 Å². The van der Waals surface area contributed by atoms with E-state index in [2.05, 4.69) is 5.32 Å². The fourth-order valence-corrected chi connectivity index (χ4v) is 1.89. The van der Waals surface area contributed by atoms with E-state index in [0.717, 1.165) is 0 Å². The van der Waals surface area contributed by atoms with Crippen LogP contribution in [0.2, 0.25) is 0 Å². The van der Waals surface area contributed by atoms with Crippen LogP contribution in [0, 0.1) is 5.92 Å². The van der Waals surface area contributed by atoms with Crippen LogP contribution in [0.5, 0.6) is 0 Å². The molecule has 0 heterocycles. The predicted octanol–water partition coefficient (Wildman–Crippen LogP) is -0.131. The van der Waals surface area contributed by atoms with E-state index in [-0.39, 0.29) is 23.9 Å². The molecule has 0 saturated heterocycles. The molecule has 0 aromatic carbocycles. The molecule has 1 amide bonds. The van der Waals surface area contributed by atoms with E-state index in [9.17, 15) is 9.59 Å². The number of carbonyl (C=O) groups is 2. The van der Waals surface area contributed by atoms with Crippen molar-refractivity contribution in [3.8, 4) is 0 Å². The smallest absolute Gasteiger partial charge is 0.331 e. The monoisotopic (exact) mass is 212 g/mol. The molecule has 0 fully saturated rings. The number of carboxylic acid groups (broad SMARTS) is 1. The molecule has 4 N–H and O–H groups in total. The molecule has 3 atom stereocenters. The van der Waals surface area contributed by atoms with Crippen LogP contribution >= 0.6 is 0 Å². The first-order valence-electron chi connectivity index (χ1n) is 4.88. The number of carbonyl (C=O) groups excluding carboxylic acids is 1. The molecular weight excluding hydrogens is 196 g/mol. The maximum absolute atomic E-state index is 10.9. The number of hydrogen-bond acceptors (Lipinski definition) is 3. The molecule has 1 aliphatic rings. The van der Waals surface area contributed by atoms with Crippen molar-refractivity contribution in [1.29, 1.82) is 0 Å². The molecule has 0 aliphatic heterocycles. The maximum atomic E-state index is 10.9. The van der Waals surface area contributed by atoms with Crippen molar-refractivity contribution < 1.29 is 14.7 Å². The van der Waals surface area contributed by atoms with Crippen LogP contribution in [0.1, 0.15) is 20.3 Å². The fourth-order valence-electron chi connectivity index (χ4n) is 1.89. The Hall–Kier alpha value is -1.36. The van der Waals surface area contributed by atoms with Crippen LogP contribution in [0.3, 0.4) is 0 Å². The quantitative estimate of drug-likeness (QED) is 0.594. The summed E-state index contributed by atoms with van der Waals surface area (Å²) in [7, 11) is 0. The molecule has 1 aliphatic carbocycles. The summed E-state index contributed by atoms with van der Waals surface area (Å²) < 4.78 is 0. The van der Waals surface area contributed by atoms with Crippen LogP contribution in [0.15, 0.2) is 11.6 Å². The van der Waals surface area contributed by atoms with Crippen molar-refractivity contribution in [2.24, 2.45) is 11.7 Å². The first-order chi connectivity index (χ1) is 6.91. The van der Waals surface area contributed by atoms with Gasteiger partial charge in [0, 0.05) is 18.5 Å². The number of rotatable bonds is 2. The Morgan fingerprint density at radius 3 is 2.60 bits per heavy atom. The first kappa shape index (κ1) is 11.7. The summed E-state index contributed by atoms with van der Waals surface area (Å²) in [6.07, 6.45) is 1.96. The van der Waals surface area contributed by atoms with Crippen LogP contribution in [-0.4, -0.2) is 29.1 Å². The van der Waals surface area contributed by atoms with E-state index in [4.69, 9.17) is 10.8 Å². The Balaban J connectivity index is 2.80. The fraction of sp³-hybridized carbons (Fsp3) is 0.600. The average molecular weight is 212 g/mol. The second-order valence-corrected chi connectivity index (χ2v) is 3.95. The third-order valence-electron chi connectivity index (χ3n) is 2.59. The van der Waals surface area contributed by atoms with Crippen LogP contribution in [-0.2, 0) is 9.59 Å². The Labute approximate surface area is 88.3 Å². The van der Waals surface area contributed by atoms with Gasteiger partial charge in [-0.2, -0.15) is 0 Å². The van der Waals surface area contributed by atoms with Gasteiger partial charge in [0.05, 0.1) is 6.04 Å². The van der Waals surface area contributed by atoms with Gasteiger partial charge in [-0.15, -0.1) is 0 Å². The summed E-state index contributed by atoms with van der Waals surface area (Å²) in [4.78, 5) is 21.7. The zero-order valence-electron chi connectivity index (χ0n) is 8.86. The maximum Gasteiger partial charge on any atom is 0.331 e. The van der Waals surface area contributed by atoms with Crippen molar-refractivity contribution in [3.63, 3.8) is 0 Å². The third kappa shape index (κ3) is 2.79. The summed E-state index contributed by atoms with van der Waals surface area (Å²) in [5.41, 5.74) is 6.16. The van der Waals surface area contributed by atoms with Gasteiger partial charge in [-0.3, -0.25) is 4.79 Å². The predicted molar refractivity (Wildman–Crippen MR) is 55.1 cm³/mol. The van der Waals surface area contributed by atoms with Gasteiger partial charge in [0.15, 0.2) is 0 Å². The second kappa shape index (κ2) is 4.44. The molecule has 0 spiro atoms. The highest BCUT2D eigenvalue weighted by molar-refractivity contribution is 5.87. The van der Waals surface area contributed by atoms with E-state index in [1.165, 1.54) is 6.92 Å². The highest BCUT2D eigenvalue weighted by Gasteiger charge is 2.30. The highest BCUT2D eigenvalue weighted by atomic mass is 16.4. The Morgan fingerprint density at radius 1 is 1.60 bits per heavy atom. The lowest BCUT2D eigenvalue weighted by Crippen LogP contribution is -2.52. The second-order valence-electron chi connectivity index (χ2n) is 3.95. The Kier molecular flexibility index (Phi) is 3.47. The Morgan fingerprint density at radius 2 is 2.20 bits per heavy atom. The van der Waals surface area contributed by atoms with Crippen LogP contribution in [0.25, 0.3) is 0 Å². The first-order valence-corrected chi connectivity index (χ1v) is 4.88. The summed E-state index contributed by atoms with van der Waals surface area (Å²) in [6.45, 7) is 3.28. The van der Waals surface area contributed by atoms with E-state index in [0.29, 0.717) is 12.0 Å². The van der Waals surface area contributed by atoms with E-state index < -0.39 is 5.97 Å². The normalized spacial score (nSPS) is 30.6. The standard InChI is InChI=1S/C10H16N2O3/c1-5-3-7(10(14)15)4-8(11)9(5)12-6(2)13/h3,5,8-9H,4,11H2,1-2H3,(H,12,13)(H,14,15)/t5-,8+,9+/m1/s1. The zero-order valence-corrected chi connectivity index (χ0v) is 8.86. The third-order valence-corrected chi connectivity index (χ3v) is 2.59. The van der Waals surface area contributed by atoms with Crippen molar-refractivity contribution >= 4 is 11.9 Å². The molecule has 0 aromatic heterocycles. The molecule has 84 valence electrons. The Bertz CT molecular complexity index is 312. The lowest BCUT2D eigenvalue weighted by Gasteiger charge is -2.32. The lowest BCUT2D eigenvalue weighted by atomic mass is 9.83. The van der Waals surface area contributed by atoms with Gasteiger partial charge in [0.25, 0.3) is 0 Å². The van der Waals surface area contributed by atoms with E-state index in [1.807, 2.05) is 6.92 Å². The van der Waals surface area contributed by atoms with Crippen molar-refractivity contribution in [3.05, 3.63) is 11.6 Å². The van der Waals surface area contributed by atoms with Gasteiger partial charge in [-0.05, 0) is 12.3 Å². The van der Waals surface area contributed by atoms with Crippen molar-refractivity contribution in [2.45, 2.75) is 32.4 Å². The molecule has 15 heavy (non-hydrogen) atoms. The van der Waals surface area contributed by atoms with Crippen molar-refractivity contribution in [1.82, 2.24) is 5.32 Å². The van der Waals surface area contributed by atoms with Crippen LogP contribution < -0.4 is 11.1 Å². The minimum Gasteiger partial charge on any atom is -0.478 e. The summed E-state index contributed by atoms with van der Waals surface area (Å²) in [6, 6.07) is -0.509. The molecular formula is C10H16N2O3. The average Bonchev–Trinajstić information content (AvgIpc) is 2.10. The molecule has 5 nitrogen and oxygen atoms in total. The molecule has 0 bridgehead atoms. The molecule has 0 saturated carbocycles. The van der Waals surface area contributed by atoms with Gasteiger partial charge < -0.3 is 16.2 Å². The van der Waals surface area contributed by atoms with Gasteiger partial charge in [0.2, 0.25) is 5.91 Å². The molecule has 0 unspecified atom stereocenters. The number of nitrogens with two attached hydrogens (primary N) is 1. The number of nitrogens with one attached hydrogen (secondary N) is 1. The summed E-state index contributed by atoms with van der Waals surface area (Å²) in [5, 5.41) is 11.6. The van der Waals surface area contributed by atoms with E-state index in [1.54, 1.807) is 6.08 Å². The lowest BCUT2D eigenvalue weighted by molar-refractivity contribution is -0.133. The molecule has 0 aromatic rings. The number of carboxylic acids is 1. The summed E-state index contributed by atoms with van der Waals surface area (Å²) >= 11 is 0. The largest absolute Gasteiger partial charge is 0.478 e. The zero-order chi connectivity index (χ0) is 11.6. The number of aliphatic carboxylic acids is 1. The van der Waals surface area contributed by atoms with E-state index >= 15 is 0 Å². The van der Waals surface area contributed by atoms with Gasteiger partial charge in [0.1, 0.15) is 0 Å². The number of hydrogen-bond donors (Lipinski definition) is 3. The highest BCUT2D eigenvalue weighted by Crippen LogP contribution is 2.22. The van der Waals surface area contributed by atoms with Gasteiger partial charge >= 0.3 is 5.97 Å². The minimum atomic E-state index is -0.932. The summed E-state index contributed by atoms with van der Waals surface area (Å²) in [5.74, 6) is -1.13. The van der Waals surface area contributed by atoms with Crippen LogP contribution in [0.4, 0.5) is 0 Å². The van der Waals surface area contributed by atoms with Gasteiger partial charge in [-0.1, -0.05) is 13.0 Å². The molecule has 5 heteroatoms. The SMILES string of the molecule is CC(=O)N[C@H]1[C@H](C)C=C(C(=O)O)C[C@@H]1N.